The molecule has 0 aromatic heterocycles. The molecule has 6 heteroatoms. The number of benzene rings is 1. The molecular weight excluding hydrogens is 344 g/mol. The van der Waals surface area contributed by atoms with Crippen LogP contribution in [0.3, 0.4) is 0 Å². The van der Waals surface area contributed by atoms with Gasteiger partial charge in [0.2, 0.25) is 5.91 Å². The van der Waals surface area contributed by atoms with Gasteiger partial charge in [-0.25, -0.2) is 0 Å². The molecule has 2 aliphatic heterocycles. The second kappa shape index (κ2) is 6.91. The van der Waals surface area contributed by atoms with Crippen LogP contribution < -0.4 is 10.2 Å². The van der Waals surface area contributed by atoms with Crippen molar-refractivity contribution in [2.24, 2.45) is 0 Å². The number of anilines is 2. The molecule has 3 aliphatic rings. The van der Waals surface area contributed by atoms with Gasteiger partial charge in [0, 0.05) is 44.5 Å². The predicted octanol–water partition coefficient (Wildman–Crippen LogP) is 2.60. The van der Waals surface area contributed by atoms with Gasteiger partial charge in [-0.15, -0.1) is 0 Å². The van der Waals surface area contributed by atoms with Gasteiger partial charge in [0.25, 0.3) is 0 Å². The highest BCUT2D eigenvalue weighted by molar-refractivity contribution is 6.09. The zero-order valence-corrected chi connectivity index (χ0v) is 16.3. The Morgan fingerprint density at radius 1 is 1.19 bits per heavy atom. The van der Waals surface area contributed by atoms with Gasteiger partial charge in [-0.2, -0.15) is 0 Å². The Morgan fingerprint density at radius 2 is 1.93 bits per heavy atom. The molecule has 0 radical (unpaired) electrons. The largest absolute Gasteiger partial charge is 0.383 e. The second-order valence-corrected chi connectivity index (χ2v) is 7.89. The lowest BCUT2D eigenvalue weighted by molar-refractivity contribution is -0.127. The van der Waals surface area contributed by atoms with Crippen LogP contribution in [0.25, 0.3) is 0 Å². The van der Waals surface area contributed by atoms with Crippen molar-refractivity contribution < 1.29 is 19.1 Å². The van der Waals surface area contributed by atoms with Crippen LogP contribution in [-0.4, -0.2) is 51.7 Å². The molecule has 0 spiro atoms. The first-order chi connectivity index (χ1) is 13.1. The van der Waals surface area contributed by atoms with Crippen molar-refractivity contribution in [3.8, 4) is 0 Å². The Kier molecular flexibility index (Phi) is 4.72. The number of carbonyl (C=O) groups excluding carboxylic acids is 2. The third-order valence-corrected chi connectivity index (χ3v) is 6.37. The third-order valence-electron chi connectivity index (χ3n) is 6.37. The van der Waals surface area contributed by atoms with E-state index in [4.69, 9.17) is 9.47 Å². The number of fused-ring (bicyclic) bond motifs is 4. The molecule has 2 unspecified atom stereocenters. The van der Waals surface area contributed by atoms with Crippen molar-refractivity contribution >= 4 is 23.1 Å². The number of ketones is 1. The van der Waals surface area contributed by atoms with Gasteiger partial charge in [0.05, 0.1) is 19.3 Å². The summed E-state index contributed by atoms with van der Waals surface area (Å²) in [6, 6.07) is 4.07. The lowest BCUT2D eigenvalue weighted by atomic mass is 9.81. The van der Waals surface area contributed by atoms with Gasteiger partial charge in [-0.1, -0.05) is 6.42 Å². The number of ether oxygens (including phenoxy) is 2. The van der Waals surface area contributed by atoms with E-state index in [1.165, 1.54) is 5.56 Å². The molecule has 1 amide bonds. The van der Waals surface area contributed by atoms with E-state index in [0.29, 0.717) is 18.7 Å². The number of hydrogen-bond acceptors (Lipinski definition) is 5. The minimum absolute atomic E-state index is 0.0286. The van der Waals surface area contributed by atoms with Crippen molar-refractivity contribution in [2.45, 2.75) is 50.0 Å². The summed E-state index contributed by atoms with van der Waals surface area (Å²) in [5, 5.41) is 3.46. The molecule has 1 aromatic carbocycles. The lowest BCUT2D eigenvalue weighted by Gasteiger charge is -2.27. The normalized spacial score (nSPS) is 25.7. The van der Waals surface area contributed by atoms with Crippen molar-refractivity contribution in [3.05, 3.63) is 23.3 Å². The fourth-order valence-corrected chi connectivity index (χ4v) is 5.15. The fraction of sp³-hybridized carbons (Fsp3) is 0.619. The molecule has 1 N–H and O–H groups in total. The summed E-state index contributed by atoms with van der Waals surface area (Å²) >= 11 is 0. The van der Waals surface area contributed by atoms with Crippen LogP contribution in [0.2, 0.25) is 0 Å². The van der Waals surface area contributed by atoms with E-state index in [2.05, 4.69) is 17.4 Å². The molecule has 2 atom stereocenters. The Balaban J connectivity index is 1.84. The Labute approximate surface area is 160 Å². The van der Waals surface area contributed by atoms with E-state index < -0.39 is 5.41 Å². The van der Waals surface area contributed by atoms with Gasteiger partial charge in [0.15, 0.2) is 5.78 Å². The van der Waals surface area contributed by atoms with E-state index in [-0.39, 0.29) is 31.1 Å². The highest BCUT2D eigenvalue weighted by atomic mass is 16.5. The predicted molar refractivity (Wildman–Crippen MR) is 104 cm³/mol. The van der Waals surface area contributed by atoms with Crippen LogP contribution in [0, 0.1) is 0 Å². The number of nitrogens with zero attached hydrogens (tertiary/aromatic N) is 1. The Hall–Kier alpha value is -1.92. The number of carbonyl (C=O) groups is 2. The van der Waals surface area contributed by atoms with Crippen molar-refractivity contribution in [1.82, 2.24) is 0 Å². The fourth-order valence-electron chi connectivity index (χ4n) is 5.15. The van der Waals surface area contributed by atoms with E-state index in [0.717, 1.165) is 36.2 Å². The maximum Gasteiger partial charge on any atom is 0.242 e. The number of likely N-dealkylation sites (N-methyl/N-ethyl adjacent to an activating group) is 1. The van der Waals surface area contributed by atoms with E-state index in [9.17, 15) is 9.59 Å². The van der Waals surface area contributed by atoms with Gasteiger partial charge < -0.3 is 19.7 Å². The van der Waals surface area contributed by atoms with Crippen molar-refractivity contribution in [1.29, 1.82) is 0 Å². The highest BCUT2D eigenvalue weighted by Gasteiger charge is 2.52. The molecule has 0 bridgehead atoms. The van der Waals surface area contributed by atoms with Gasteiger partial charge in [0.1, 0.15) is 5.41 Å². The van der Waals surface area contributed by atoms with Crippen molar-refractivity contribution in [2.75, 3.05) is 44.2 Å². The Bertz CT molecular complexity index is 770. The van der Waals surface area contributed by atoms with Crippen LogP contribution in [0.1, 0.15) is 49.7 Å². The molecule has 27 heavy (non-hydrogen) atoms. The monoisotopic (exact) mass is 372 g/mol. The van der Waals surface area contributed by atoms with Crippen molar-refractivity contribution in [3.63, 3.8) is 0 Å². The van der Waals surface area contributed by atoms with Gasteiger partial charge in [-0.3, -0.25) is 9.59 Å². The summed E-state index contributed by atoms with van der Waals surface area (Å²) in [6.07, 6.45) is 3.70. The average molecular weight is 372 g/mol. The van der Waals surface area contributed by atoms with Gasteiger partial charge >= 0.3 is 0 Å². The molecule has 1 fully saturated rings. The smallest absolute Gasteiger partial charge is 0.242 e. The van der Waals surface area contributed by atoms with Crippen LogP contribution in [0.5, 0.6) is 0 Å². The third kappa shape index (κ3) is 2.61. The summed E-state index contributed by atoms with van der Waals surface area (Å²) in [6.45, 7) is 3.13. The minimum Gasteiger partial charge on any atom is -0.383 e. The molecule has 4 rings (SSSR count). The number of methoxy groups -OCH3 is 2. The minimum atomic E-state index is -0.833. The average Bonchev–Trinajstić information content (AvgIpc) is 3.04. The van der Waals surface area contributed by atoms with E-state index >= 15 is 0 Å². The quantitative estimate of drug-likeness (QED) is 0.861. The number of hydrogen-bond donors (Lipinski definition) is 1. The summed E-state index contributed by atoms with van der Waals surface area (Å²) in [5.74, 6) is 0.534. The maximum atomic E-state index is 13.3. The van der Waals surface area contributed by atoms with Crippen LogP contribution in [0.4, 0.5) is 11.4 Å². The first kappa shape index (κ1) is 18.4. The molecule has 1 saturated carbocycles. The lowest BCUT2D eigenvalue weighted by Crippen LogP contribution is -2.46. The molecule has 2 heterocycles. The Morgan fingerprint density at radius 3 is 2.59 bits per heavy atom. The first-order valence-electron chi connectivity index (χ1n) is 9.85. The number of nitrogens with one attached hydrogen (secondary N) is 1. The maximum absolute atomic E-state index is 13.3. The SMILES string of the molecule is CCN1C(=O)C(COC)(COC)c2cc3c(cc21)C1CCCCC(=O)C1N3. The number of rotatable bonds is 5. The zero-order valence-electron chi connectivity index (χ0n) is 16.3. The molecule has 1 aliphatic carbocycles. The number of amides is 1. The van der Waals surface area contributed by atoms with E-state index in [1.54, 1.807) is 14.2 Å². The van der Waals surface area contributed by atoms with Gasteiger partial charge in [-0.05, 0) is 43.0 Å². The summed E-state index contributed by atoms with van der Waals surface area (Å²) in [4.78, 5) is 27.7. The van der Waals surface area contributed by atoms with E-state index in [1.807, 2.05) is 11.8 Å². The zero-order chi connectivity index (χ0) is 19.2. The summed E-state index contributed by atoms with van der Waals surface area (Å²) in [5.41, 5.74) is 3.20. The molecule has 6 nitrogen and oxygen atoms in total. The van der Waals surface area contributed by atoms with Crippen LogP contribution in [0.15, 0.2) is 12.1 Å². The molecule has 1 aromatic rings. The number of Topliss-reactive ketones (excluding diaryl/α,β-unsaturated/α-hetero) is 1. The molecular formula is C21H28N2O4. The topological polar surface area (TPSA) is 67.9 Å². The summed E-state index contributed by atoms with van der Waals surface area (Å²) < 4.78 is 10.9. The molecule has 0 saturated heterocycles. The first-order valence-corrected chi connectivity index (χ1v) is 9.85. The van der Waals surface area contributed by atoms with Crippen LogP contribution >= 0.6 is 0 Å². The second-order valence-electron chi connectivity index (χ2n) is 7.89. The standard InChI is InChI=1S/C21H28N2O4/c1-4-23-17-9-14-13-7-5-6-8-18(24)19(13)22-16(14)10-15(17)21(11-26-2,12-27-3)20(23)25/h9-10,13,19,22H,4-8,11-12H2,1-3H3. The summed E-state index contributed by atoms with van der Waals surface area (Å²) in [7, 11) is 3.22. The molecule has 146 valence electrons. The van der Waals surface area contributed by atoms with Crippen LogP contribution in [-0.2, 0) is 24.5 Å². The highest BCUT2D eigenvalue weighted by Crippen LogP contribution is 2.50.